The van der Waals surface area contributed by atoms with Gasteiger partial charge in [-0.3, -0.25) is 14.4 Å². The van der Waals surface area contributed by atoms with Crippen LogP contribution in [0.2, 0.25) is 0 Å². The van der Waals surface area contributed by atoms with E-state index >= 15 is 0 Å². The number of benzene rings is 2. The van der Waals surface area contributed by atoms with Gasteiger partial charge in [0.2, 0.25) is 17.7 Å². The molecule has 4 atom stereocenters. The third kappa shape index (κ3) is 3.48. The summed E-state index contributed by atoms with van der Waals surface area (Å²) in [7, 11) is 0. The number of aryl methyl sites for hydroxylation is 1. The summed E-state index contributed by atoms with van der Waals surface area (Å²) in [5, 5.41) is 2.90. The number of rotatable bonds is 5. The largest absolute Gasteiger partial charge is 0.325 e. The minimum Gasteiger partial charge on any atom is -0.325 e. The van der Waals surface area contributed by atoms with E-state index in [1.54, 1.807) is 6.07 Å². The van der Waals surface area contributed by atoms with Crippen molar-refractivity contribution in [3.05, 3.63) is 60.2 Å². The van der Waals surface area contributed by atoms with Crippen molar-refractivity contribution in [1.29, 1.82) is 0 Å². The second kappa shape index (κ2) is 7.81. The molecule has 33 heavy (non-hydrogen) atoms. The fourth-order valence-corrected chi connectivity index (χ4v) is 7.20. The Kier molecular flexibility index (Phi) is 4.88. The Labute approximate surface area is 199 Å². The van der Waals surface area contributed by atoms with Crippen LogP contribution in [0.1, 0.15) is 12.0 Å². The summed E-state index contributed by atoms with van der Waals surface area (Å²) in [6, 6.07) is 13.2. The molecule has 2 aromatic carbocycles. The molecule has 166 valence electrons. The molecule has 2 aliphatic carbocycles. The van der Waals surface area contributed by atoms with Gasteiger partial charge in [-0.05, 0) is 61.1 Å². The van der Waals surface area contributed by atoms with E-state index in [0.29, 0.717) is 5.69 Å². The van der Waals surface area contributed by atoms with Gasteiger partial charge in [0.15, 0.2) is 4.34 Å². The van der Waals surface area contributed by atoms with Crippen molar-refractivity contribution in [1.82, 2.24) is 4.98 Å². The Morgan fingerprint density at radius 1 is 1.12 bits per heavy atom. The van der Waals surface area contributed by atoms with Crippen molar-refractivity contribution >= 4 is 62.4 Å². The standard InChI is InChI=1S/C25H21N3O3S2/c1-13-3-2-4-16(9-13)26-20(29)12-32-25-27-18-8-7-17(11-19(18)33-25)28-23(30)21-14-5-6-15(10-14)22(21)24(28)31/h2-9,11,14-15,21-22H,10,12H2,1H3,(H,26,29)/t14-,15-,21+,22+/m0/s1. The number of imide groups is 1. The Morgan fingerprint density at radius 2 is 1.88 bits per heavy atom. The molecule has 2 fully saturated rings. The first-order valence-corrected chi connectivity index (χ1v) is 12.7. The quantitative estimate of drug-likeness (QED) is 0.330. The highest BCUT2D eigenvalue weighted by atomic mass is 32.2. The van der Waals surface area contributed by atoms with Crippen molar-refractivity contribution < 1.29 is 14.4 Å². The molecule has 3 amide bonds. The molecule has 8 heteroatoms. The first kappa shape index (κ1) is 20.6. The number of carbonyl (C=O) groups excluding carboxylic acids is 3. The summed E-state index contributed by atoms with van der Waals surface area (Å²) >= 11 is 2.85. The fraction of sp³-hybridized carbons (Fsp3) is 0.280. The predicted molar refractivity (Wildman–Crippen MR) is 130 cm³/mol. The Morgan fingerprint density at radius 3 is 2.61 bits per heavy atom. The molecule has 6 nitrogen and oxygen atoms in total. The molecule has 1 saturated heterocycles. The zero-order valence-electron chi connectivity index (χ0n) is 17.9. The normalized spacial score (nSPS) is 25.3. The third-order valence-electron chi connectivity index (χ3n) is 6.71. The van der Waals surface area contributed by atoms with Crippen LogP contribution in [-0.4, -0.2) is 28.5 Å². The number of fused-ring (bicyclic) bond motifs is 6. The zero-order valence-corrected chi connectivity index (χ0v) is 19.5. The average Bonchev–Trinajstić information content (AvgIpc) is 3.55. The molecule has 1 aromatic heterocycles. The molecule has 1 aliphatic heterocycles. The SMILES string of the molecule is Cc1cccc(NC(=O)CSc2nc3ccc(N4C(=O)[C@H]5[C@H](C4=O)[C@H]4C=C[C@H]5C4)cc3s2)c1. The number of aromatic nitrogens is 1. The molecular weight excluding hydrogens is 454 g/mol. The number of thiazole rings is 1. The first-order valence-electron chi connectivity index (χ1n) is 10.9. The van der Waals surface area contributed by atoms with E-state index in [0.717, 1.165) is 32.2 Å². The van der Waals surface area contributed by atoms with Crippen molar-refractivity contribution in [2.75, 3.05) is 16.0 Å². The zero-order chi connectivity index (χ0) is 22.7. The van der Waals surface area contributed by atoms with Crippen LogP contribution in [0, 0.1) is 30.6 Å². The van der Waals surface area contributed by atoms with Crippen molar-refractivity contribution in [2.45, 2.75) is 17.7 Å². The maximum absolute atomic E-state index is 13.1. The number of amides is 3. The van der Waals surface area contributed by atoms with Crippen LogP contribution in [0.15, 0.2) is 59.0 Å². The highest BCUT2D eigenvalue weighted by molar-refractivity contribution is 8.01. The molecular formula is C25H21N3O3S2. The molecule has 1 N–H and O–H groups in total. The van der Waals surface area contributed by atoms with Gasteiger partial charge in [0, 0.05) is 5.69 Å². The highest BCUT2D eigenvalue weighted by Gasteiger charge is 2.59. The van der Waals surface area contributed by atoms with Crippen molar-refractivity contribution in [2.24, 2.45) is 23.7 Å². The first-order chi connectivity index (χ1) is 16.0. The molecule has 3 aliphatic rings. The molecule has 0 radical (unpaired) electrons. The maximum Gasteiger partial charge on any atom is 0.238 e. The number of hydrogen-bond acceptors (Lipinski definition) is 6. The van der Waals surface area contributed by atoms with Crippen LogP contribution in [0.3, 0.4) is 0 Å². The van der Waals surface area contributed by atoms with Gasteiger partial charge in [0.05, 0.1) is 33.5 Å². The Bertz CT molecular complexity index is 1320. The molecule has 2 bridgehead atoms. The lowest BCUT2D eigenvalue weighted by Gasteiger charge is -2.17. The van der Waals surface area contributed by atoms with Crippen LogP contribution in [0.5, 0.6) is 0 Å². The smallest absolute Gasteiger partial charge is 0.238 e. The van der Waals surface area contributed by atoms with Crippen LogP contribution in [0.4, 0.5) is 11.4 Å². The lowest BCUT2D eigenvalue weighted by Crippen LogP contribution is -2.32. The molecule has 3 aromatic rings. The number of anilines is 2. The van der Waals surface area contributed by atoms with Gasteiger partial charge in [-0.25, -0.2) is 9.88 Å². The maximum atomic E-state index is 13.1. The fourth-order valence-electron chi connectivity index (χ4n) is 5.30. The summed E-state index contributed by atoms with van der Waals surface area (Å²) in [6.45, 7) is 1.98. The van der Waals surface area contributed by atoms with Gasteiger partial charge in [-0.2, -0.15) is 0 Å². The molecule has 6 rings (SSSR count). The molecule has 2 heterocycles. The number of carbonyl (C=O) groups is 3. The number of nitrogens with one attached hydrogen (secondary N) is 1. The van der Waals surface area contributed by atoms with E-state index in [1.165, 1.54) is 28.0 Å². The third-order valence-corrected chi connectivity index (χ3v) is 8.87. The van der Waals surface area contributed by atoms with E-state index in [4.69, 9.17) is 0 Å². The van der Waals surface area contributed by atoms with Crippen LogP contribution >= 0.6 is 23.1 Å². The lowest BCUT2D eigenvalue weighted by atomic mass is 9.85. The summed E-state index contributed by atoms with van der Waals surface area (Å²) in [5.74, 6) is -0.00615. The number of allylic oxidation sites excluding steroid dienone is 2. The van der Waals surface area contributed by atoms with Gasteiger partial charge in [0.1, 0.15) is 0 Å². The summed E-state index contributed by atoms with van der Waals surface area (Å²) in [4.78, 5) is 44.5. The molecule has 0 unspecified atom stereocenters. The van der Waals surface area contributed by atoms with Gasteiger partial charge < -0.3 is 5.32 Å². The van der Waals surface area contributed by atoms with E-state index in [1.807, 2.05) is 43.3 Å². The lowest BCUT2D eigenvalue weighted by molar-refractivity contribution is -0.123. The Balaban J connectivity index is 1.17. The summed E-state index contributed by atoms with van der Waals surface area (Å²) in [6.07, 6.45) is 5.13. The van der Waals surface area contributed by atoms with Crippen LogP contribution < -0.4 is 10.2 Å². The molecule has 1 saturated carbocycles. The molecule has 0 spiro atoms. The predicted octanol–water partition coefficient (Wildman–Crippen LogP) is 4.65. The Hall–Kier alpha value is -2.97. The van der Waals surface area contributed by atoms with E-state index in [2.05, 4.69) is 22.5 Å². The van der Waals surface area contributed by atoms with Gasteiger partial charge in [0.25, 0.3) is 0 Å². The monoisotopic (exact) mass is 475 g/mol. The highest BCUT2D eigenvalue weighted by Crippen LogP contribution is 2.53. The number of hydrogen-bond donors (Lipinski definition) is 1. The second-order valence-electron chi connectivity index (χ2n) is 8.85. The van der Waals surface area contributed by atoms with Gasteiger partial charge in [-0.15, -0.1) is 11.3 Å². The second-order valence-corrected chi connectivity index (χ2v) is 11.1. The van der Waals surface area contributed by atoms with E-state index < -0.39 is 0 Å². The van der Waals surface area contributed by atoms with Crippen LogP contribution in [0.25, 0.3) is 10.2 Å². The minimum atomic E-state index is -0.206. The van der Waals surface area contributed by atoms with Crippen molar-refractivity contribution in [3.8, 4) is 0 Å². The summed E-state index contributed by atoms with van der Waals surface area (Å²) in [5.41, 5.74) is 3.28. The van der Waals surface area contributed by atoms with Crippen molar-refractivity contribution in [3.63, 3.8) is 0 Å². The topological polar surface area (TPSA) is 79.4 Å². The average molecular weight is 476 g/mol. The van der Waals surface area contributed by atoms with E-state index in [-0.39, 0.29) is 47.1 Å². The van der Waals surface area contributed by atoms with Crippen LogP contribution in [-0.2, 0) is 14.4 Å². The number of nitrogens with zero attached hydrogens (tertiary/aromatic N) is 2. The summed E-state index contributed by atoms with van der Waals surface area (Å²) < 4.78 is 1.67. The van der Waals surface area contributed by atoms with Gasteiger partial charge >= 0.3 is 0 Å². The van der Waals surface area contributed by atoms with E-state index in [9.17, 15) is 14.4 Å². The van der Waals surface area contributed by atoms with Gasteiger partial charge in [-0.1, -0.05) is 36.0 Å². The number of thioether (sulfide) groups is 1. The minimum absolute atomic E-state index is 0.0758.